The number of pyridine rings is 1. The van der Waals surface area contributed by atoms with E-state index in [0.29, 0.717) is 12.8 Å². The first-order valence-electron chi connectivity index (χ1n) is 6.30. The van der Waals surface area contributed by atoms with E-state index in [1.54, 1.807) is 12.4 Å². The van der Waals surface area contributed by atoms with Crippen LogP contribution in [0.5, 0.6) is 0 Å². The van der Waals surface area contributed by atoms with Crippen LogP contribution in [0.25, 0.3) is 0 Å². The molecule has 1 aliphatic rings. The number of carbonyl (C=O) groups is 1. The zero-order chi connectivity index (χ0) is 13.0. The van der Waals surface area contributed by atoms with Gasteiger partial charge in [0, 0.05) is 12.4 Å². The van der Waals surface area contributed by atoms with Crippen molar-refractivity contribution in [3.05, 3.63) is 30.1 Å². The number of hydrogen-bond acceptors (Lipinski definition) is 3. The van der Waals surface area contributed by atoms with E-state index in [1.165, 1.54) is 0 Å². The highest BCUT2D eigenvalue weighted by Gasteiger charge is 2.41. The Kier molecular flexibility index (Phi) is 3.61. The van der Waals surface area contributed by atoms with Crippen LogP contribution < -0.4 is 5.32 Å². The molecular weight excluding hydrogens is 226 g/mol. The van der Waals surface area contributed by atoms with Gasteiger partial charge in [0.25, 0.3) is 0 Å². The number of nitrogens with one attached hydrogen (secondary N) is 1. The summed E-state index contributed by atoms with van der Waals surface area (Å²) in [7, 11) is 0. The normalized spacial score (nSPS) is 18.9. The Morgan fingerprint density at radius 3 is 2.83 bits per heavy atom. The molecule has 0 bridgehead atoms. The molecule has 0 saturated heterocycles. The molecular formula is C14H17N3O. The summed E-state index contributed by atoms with van der Waals surface area (Å²) in [4.78, 5) is 16.3. The number of rotatable bonds is 3. The molecule has 1 amide bonds. The first-order valence-corrected chi connectivity index (χ1v) is 6.30. The molecule has 94 valence electrons. The van der Waals surface area contributed by atoms with Crippen molar-refractivity contribution in [2.45, 2.75) is 38.6 Å². The summed E-state index contributed by atoms with van der Waals surface area (Å²) in [5.41, 5.74) is 0.146. The number of amides is 1. The highest BCUT2D eigenvalue weighted by Crippen LogP contribution is 2.38. The van der Waals surface area contributed by atoms with Crippen molar-refractivity contribution in [1.82, 2.24) is 10.3 Å². The number of aromatic nitrogens is 1. The van der Waals surface area contributed by atoms with Crippen molar-refractivity contribution >= 4 is 5.91 Å². The molecule has 1 unspecified atom stereocenters. The predicted octanol–water partition coefficient (Wildman–Crippen LogP) is 2.34. The fraction of sp³-hybridized carbons (Fsp3) is 0.500. The largest absolute Gasteiger partial charge is 0.348 e. The van der Waals surface area contributed by atoms with E-state index >= 15 is 0 Å². The Labute approximate surface area is 107 Å². The van der Waals surface area contributed by atoms with Gasteiger partial charge in [-0.05, 0) is 31.4 Å². The van der Waals surface area contributed by atoms with E-state index < -0.39 is 5.41 Å². The maximum Gasteiger partial charge on any atom is 0.240 e. The van der Waals surface area contributed by atoms with E-state index in [9.17, 15) is 10.1 Å². The third-order valence-electron chi connectivity index (χ3n) is 3.64. The monoisotopic (exact) mass is 243 g/mol. The summed E-state index contributed by atoms with van der Waals surface area (Å²) in [5.74, 6) is -0.140. The van der Waals surface area contributed by atoms with Gasteiger partial charge in [0.05, 0.1) is 12.1 Å². The molecule has 0 aliphatic heterocycles. The fourth-order valence-corrected chi connectivity index (χ4v) is 2.42. The summed E-state index contributed by atoms with van der Waals surface area (Å²) < 4.78 is 0. The van der Waals surface area contributed by atoms with E-state index in [1.807, 2.05) is 19.1 Å². The number of carbonyl (C=O) groups excluding carboxylic acids is 1. The Balaban J connectivity index is 2.06. The maximum absolute atomic E-state index is 12.2. The Bertz CT molecular complexity index is 458. The van der Waals surface area contributed by atoms with Crippen molar-refractivity contribution in [3.63, 3.8) is 0 Å². The molecule has 1 aromatic rings. The smallest absolute Gasteiger partial charge is 0.240 e. The molecule has 0 aromatic carbocycles. The molecule has 1 heterocycles. The molecule has 1 fully saturated rings. The van der Waals surface area contributed by atoms with Gasteiger partial charge in [0.15, 0.2) is 0 Å². The molecule has 4 nitrogen and oxygen atoms in total. The second kappa shape index (κ2) is 5.18. The van der Waals surface area contributed by atoms with Crippen LogP contribution in [0.3, 0.4) is 0 Å². The SMILES string of the molecule is CC(NC(=O)C1(C#N)CCCC1)c1cccnc1. The van der Waals surface area contributed by atoms with E-state index in [0.717, 1.165) is 18.4 Å². The van der Waals surface area contributed by atoms with Crippen LogP contribution in [-0.4, -0.2) is 10.9 Å². The maximum atomic E-state index is 12.2. The zero-order valence-corrected chi connectivity index (χ0v) is 10.5. The molecule has 18 heavy (non-hydrogen) atoms. The lowest BCUT2D eigenvalue weighted by Gasteiger charge is -2.22. The first-order chi connectivity index (χ1) is 8.68. The van der Waals surface area contributed by atoms with Crippen molar-refractivity contribution in [3.8, 4) is 6.07 Å². The van der Waals surface area contributed by atoms with E-state index in [4.69, 9.17) is 0 Å². The highest BCUT2D eigenvalue weighted by molar-refractivity contribution is 5.86. The third-order valence-corrected chi connectivity index (χ3v) is 3.64. The molecule has 1 aromatic heterocycles. The molecule has 4 heteroatoms. The standard InChI is InChI=1S/C14H17N3O/c1-11(12-5-4-8-16-9-12)17-13(18)14(10-15)6-2-3-7-14/h4-5,8-9,11H,2-3,6-7H2,1H3,(H,17,18). The van der Waals surface area contributed by atoms with Gasteiger partial charge in [-0.3, -0.25) is 9.78 Å². The Hall–Kier alpha value is -1.89. The lowest BCUT2D eigenvalue weighted by atomic mass is 9.86. The predicted molar refractivity (Wildman–Crippen MR) is 67.3 cm³/mol. The number of nitrogens with zero attached hydrogens (tertiary/aromatic N) is 2. The van der Waals surface area contributed by atoms with Crippen LogP contribution >= 0.6 is 0 Å². The van der Waals surface area contributed by atoms with Gasteiger partial charge >= 0.3 is 0 Å². The van der Waals surface area contributed by atoms with Crippen LogP contribution in [-0.2, 0) is 4.79 Å². The Morgan fingerprint density at radius 1 is 1.56 bits per heavy atom. The molecule has 1 atom stereocenters. The minimum absolute atomic E-state index is 0.114. The zero-order valence-electron chi connectivity index (χ0n) is 10.5. The third kappa shape index (κ3) is 2.35. The average molecular weight is 243 g/mol. The van der Waals surface area contributed by atoms with Crippen LogP contribution in [0.1, 0.15) is 44.2 Å². The lowest BCUT2D eigenvalue weighted by Crippen LogP contribution is -2.39. The van der Waals surface area contributed by atoms with Crippen molar-refractivity contribution in [2.24, 2.45) is 5.41 Å². The lowest BCUT2D eigenvalue weighted by molar-refractivity contribution is -0.128. The quantitative estimate of drug-likeness (QED) is 0.886. The molecule has 0 radical (unpaired) electrons. The molecule has 0 spiro atoms. The second-order valence-corrected chi connectivity index (χ2v) is 4.88. The average Bonchev–Trinajstić information content (AvgIpc) is 2.89. The molecule has 1 saturated carbocycles. The number of nitriles is 1. The van der Waals surface area contributed by atoms with Gasteiger partial charge in [-0.15, -0.1) is 0 Å². The minimum atomic E-state index is -0.809. The Morgan fingerprint density at radius 2 is 2.28 bits per heavy atom. The summed E-state index contributed by atoms with van der Waals surface area (Å²) >= 11 is 0. The molecule has 1 aliphatic carbocycles. The van der Waals surface area contributed by atoms with Crippen molar-refractivity contribution in [2.75, 3.05) is 0 Å². The summed E-state index contributed by atoms with van der Waals surface area (Å²) in [6.07, 6.45) is 6.71. The number of hydrogen-bond donors (Lipinski definition) is 1. The van der Waals surface area contributed by atoms with Gasteiger partial charge in [0.1, 0.15) is 5.41 Å². The van der Waals surface area contributed by atoms with Crippen molar-refractivity contribution < 1.29 is 4.79 Å². The highest BCUT2D eigenvalue weighted by atomic mass is 16.2. The topological polar surface area (TPSA) is 65.8 Å². The second-order valence-electron chi connectivity index (χ2n) is 4.88. The van der Waals surface area contributed by atoms with Crippen LogP contribution in [0.15, 0.2) is 24.5 Å². The van der Waals surface area contributed by atoms with Crippen LogP contribution in [0, 0.1) is 16.7 Å². The minimum Gasteiger partial charge on any atom is -0.348 e. The molecule has 1 N–H and O–H groups in total. The van der Waals surface area contributed by atoms with Gasteiger partial charge in [0.2, 0.25) is 5.91 Å². The molecule has 2 rings (SSSR count). The summed E-state index contributed by atoms with van der Waals surface area (Å²) in [6.45, 7) is 1.91. The van der Waals surface area contributed by atoms with Gasteiger partial charge in [-0.2, -0.15) is 5.26 Å². The fourth-order valence-electron chi connectivity index (χ4n) is 2.42. The van der Waals surface area contributed by atoms with Crippen LogP contribution in [0.2, 0.25) is 0 Å². The van der Waals surface area contributed by atoms with Crippen molar-refractivity contribution in [1.29, 1.82) is 5.26 Å². The van der Waals surface area contributed by atoms with Crippen LogP contribution in [0.4, 0.5) is 0 Å². The van der Waals surface area contributed by atoms with E-state index in [-0.39, 0.29) is 11.9 Å². The van der Waals surface area contributed by atoms with Gasteiger partial charge < -0.3 is 5.32 Å². The van der Waals surface area contributed by atoms with E-state index in [2.05, 4.69) is 16.4 Å². The summed E-state index contributed by atoms with van der Waals surface area (Å²) in [5, 5.41) is 12.2. The van der Waals surface area contributed by atoms with Gasteiger partial charge in [-0.1, -0.05) is 18.9 Å². The van der Waals surface area contributed by atoms with Gasteiger partial charge in [-0.25, -0.2) is 0 Å². The first kappa shape index (κ1) is 12.6. The summed E-state index contributed by atoms with van der Waals surface area (Å²) in [6, 6.07) is 5.86.